The Morgan fingerprint density at radius 3 is 2.27 bits per heavy atom. The predicted octanol–water partition coefficient (Wildman–Crippen LogP) is 4.57. The molecule has 1 heterocycles. The Labute approximate surface area is 216 Å². The second kappa shape index (κ2) is 11.6. The first-order valence-electron chi connectivity index (χ1n) is 12.4. The molecule has 1 aromatic heterocycles. The largest absolute Gasteiger partial charge is 0.354 e. The SMILES string of the molecule is CC(=O)c1ccc(N(C(=O)Cn2nnc3ccccc32)C(C(=O)NCCC(C)C)c2ccccc2)cc1. The second-order valence-corrected chi connectivity index (χ2v) is 9.39. The number of nitrogens with zero attached hydrogens (tertiary/aromatic N) is 4. The van der Waals surface area contributed by atoms with Crippen LogP contribution in [0.3, 0.4) is 0 Å². The monoisotopic (exact) mass is 497 g/mol. The zero-order valence-electron chi connectivity index (χ0n) is 21.3. The lowest BCUT2D eigenvalue weighted by Crippen LogP contribution is -2.45. The van der Waals surface area contributed by atoms with E-state index >= 15 is 0 Å². The molecule has 1 unspecified atom stereocenters. The van der Waals surface area contributed by atoms with Crippen LogP contribution in [0.2, 0.25) is 0 Å². The number of hydrogen-bond donors (Lipinski definition) is 1. The summed E-state index contributed by atoms with van der Waals surface area (Å²) in [6.07, 6.45) is 0.819. The number of Topliss-reactive ketones (excluding diaryl/α,β-unsaturated/α-hetero) is 1. The van der Waals surface area contributed by atoms with E-state index < -0.39 is 6.04 Å². The van der Waals surface area contributed by atoms with E-state index in [9.17, 15) is 14.4 Å². The molecule has 0 aliphatic heterocycles. The molecule has 190 valence electrons. The van der Waals surface area contributed by atoms with Gasteiger partial charge in [-0.3, -0.25) is 19.3 Å². The number of hydrogen-bond acceptors (Lipinski definition) is 5. The van der Waals surface area contributed by atoms with Gasteiger partial charge in [0, 0.05) is 17.8 Å². The number of para-hydroxylation sites is 1. The van der Waals surface area contributed by atoms with Crippen LogP contribution in [0.5, 0.6) is 0 Å². The van der Waals surface area contributed by atoms with Gasteiger partial charge >= 0.3 is 0 Å². The van der Waals surface area contributed by atoms with Gasteiger partial charge in [-0.05, 0) is 61.2 Å². The number of carbonyl (C=O) groups is 3. The highest BCUT2D eigenvalue weighted by atomic mass is 16.2. The number of rotatable bonds is 10. The van der Waals surface area contributed by atoms with Crippen molar-refractivity contribution >= 4 is 34.3 Å². The average Bonchev–Trinajstić information content (AvgIpc) is 3.30. The molecule has 0 aliphatic rings. The summed E-state index contributed by atoms with van der Waals surface area (Å²) in [5.74, 6) is -0.268. The molecule has 8 heteroatoms. The first-order valence-corrected chi connectivity index (χ1v) is 12.4. The zero-order chi connectivity index (χ0) is 26.4. The summed E-state index contributed by atoms with van der Waals surface area (Å²) in [6.45, 7) is 6.06. The minimum absolute atomic E-state index is 0.0791. The number of benzene rings is 3. The molecule has 2 amide bonds. The Hall–Kier alpha value is -4.33. The van der Waals surface area contributed by atoms with Crippen LogP contribution in [0.15, 0.2) is 78.9 Å². The van der Waals surface area contributed by atoms with E-state index in [1.165, 1.54) is 16.5 Å². The fourth-order valence-corrected chi connectivity index (χ4v) is 4.17. The summed E-state index contributed by atoms with van der Waals surface area (Å²) in [7, 11) is 0. The summed E-state index contributed by atoms with van der Waals surface area (Å²) >= 11 is 0. The molecule has 0 radical (unpaired) electrons. The number of ketones is 1. The fourth-order valence-electron chi connectivity index (χ4n) is 4.17. The first kappa shape index (κ1) is 25.8. The van der Waals surface area contributed by atoms with Gasteiger partial charge in [-0.2, -0.15) is 0 Å². The number of carbonyl (C=O) groups excluding carboxylic acids is 3. The summed E-state index contributed by atoms with van der Waals surface area (Å²) < 4.78 is 1.54. The Bertz CT molecular complexity index is 1380. The summed E-state index contributed by atoms with van der Waals surface area (Å²) in [4.78, 5) is 41.0. The molecule has 3 aromatic carbocycles. The van der Waals surface area contributed by atoms with Crippen molar-refractivity contribution in [3.05, 3.63) is 90.0 Å². The minimum atomic E-state index is -0.918. The molecular weight excluding hydrogens is 466 g/mol. The Kier molecular flexibility index (Phi) is 8.08. The standard InChI is InChI=1S/C29H31N5O3/c1-20(2)17-18-30-29(37)28(23-9-5-4-6-10-23)34(24-15-13-22(14-16-24)21(3)35)27(36)19-33-26-12-8-7-11-25(26)31-32-33/h4-16,20,28H,17-19H2,1-3H3,(H,30,37). The molecule has 0 fully saturated rings. The Morgan fingerprint density at radius 1 is 0.919 bits per heavy atom. The summed E-state index contributed by atoms with van der Waals surface area (Å²) in [5, 5.41) is 11.3. The number of nitrogens with one attached hydrogen (secondary N) is 1. The number of anilines is 1. The Morgan fingerprint density at radius 2 is 1.59 bits per heavy atom. The van der Waals surface area contributed by atoms with Gasteiger partial charge in [0.25, 0.3) is 0 Å². The normalized spacial score (nSPS) is 11.9. The number of fused-ring (bicyclic) bond motifs is 1. The van der Waals surface area contributed by atoms with Crippen LogP contribution >= 0.6 is 0 Å². The fraction of sp³-hybridized carbons (Fsp3) is 0.276. The van der Waals surface area contributed by atoms with E-state index in [0.717, 1.165) is 11.9 Å². The van der Waals surface area contributed by atoms with Crippen LogP contribution in [0.25, 0.3) is 11.0 Å². The molecular formula is C29H31N5O3. The molecule has 4 rings (SSSR count). The van der Waals surface area contributed by atoms with E-state index in [0.29, 0.717) is 34.8 Å². The highest BCUT2D eigenvalue weighted by Crippen LogP contribution is 2.29. The summed E-state index contributed by atoms with van der Waals surface area (Å²) in [5.41, 5.74) is 3.11. The third-order valence-corrected chi connectivity index (χ3v) is 6.17. The predicted molar refractivity (Wildman–Crippen MR) is 143 cm³/mol. The lowest BCUT2D eigenvalue weighted by molar-refractivity contribution is -0.127. The van der Waals surface area contributed by atoms with Crippen LogP contribution in [0.1, 0.15) is 49.2 Å². The van der Waals surface area contributed by atoms with Crippen molar-refractivity contribution in [1.82, 2.24) is 20.3 Å². The van der Waals surface area contributed by atoms with Gasteiger partial charge in [0.1, 0.15) is 18.1 Å². The lowest BCUT2D eigenvalue weighted by Gasteiger charge is -2.31. The molecule has 1 N–H and O–H groups in total. The van der Waals surface area contributed by atoms with Crippen molar-refractivity contribution < 1.29 is 14.4 Å². The first-order chi connectivity index (χ1) is 17.8. The topological polar surface area (TPSA) is 97.2 Å². The second-order valence-electron chi connectivity index (χ2n) is 9.39. The highest BCUT2D eigenvalue weighted by molar-refractivity contribution is 6.02. The lowest BCUT2D eigenvalue weighted by atomic mass is 10.0. The van der Waals surface area contributed by atoms with Crippen molar-refractivity contribution in [2.75, 3.05) is 11.4 Å². The van der Waals surface area contributed by atoms with Gasteiger partial charge in [-0.15, -0.1) is 5.10 Å². The molecule has 0 saturated carbocycles. The van der Waals surface area contributed by atoms with Gasteiger partial charge in [-0.25, -0.2) is 4.68 Å². The van der Waals surface area contributed by atoms with E-state index in [1.54, 1.807) is 24.3 Å². The third-order valence-electron chi connectivity index (χ3n) is 6.17. The maximum absolute atomic E-state index is 14.0. The number of aromatic nitrogens is 3. The van der Waals surface area contributed by atoms with Crippen molar-refractivity contribution in [2.24, 2.45) is 5.92 Å². The van der Waals surface area contributed by atoms with Crippen LogP contribution in [0.4, 0.5) is 5.69 Å². The van der Waals surface area contributed by atoms with E-state index in [-0.39, 0.29) is 24.1 Å². The van der Waals surface area contributed by atoms with Gasteiger partial charge in [-0.1, -0.05) is 61.5 Å². The van der Waals surface area contributed by atoms with E-state index in [1.807, 2.05) is 54.6 Å². The van der Waals surface area contributed by atoms with Crippen molar-refractivity contribution in [3.8, 4) is 0 Å². The average molecular weight is 498 g/mol. The Balaban J connectivity index is 1.76. The van der Waals surface area contributed by atoms with Crippen LogP contribution in [-0.4, -0.2) is 39.1 Å². The molecule has 0 saturated heterocycles. The van der Waals surface area contributed by atoms with Crippen LogP contribution in [-0.2, 0) is 16.1 Å². The molecule has 0 aliphatic carbocycles. The zero-order valence-corrected chi connectivity index (χ0v) is 21.3. The maximum atomic E-state index is 14.0. The molecule has 0 bridgehead atoms. The highest BCUT2D eigenvalue weighted by Gasteiger charge is 2.33. The third kappa shape index (κ3) is 6.09. The number of amides is 2. The molecule has 0 spiro atoms. The van der Waals surface area contributed by atoms with Crippen molar-refractivity contribution in [1.29, 1.82) is 0 Å². The van der Waals surface area contributed by atoms with Gasteiger partial charge in [0.2, 0.25) is 11.8 Å². The molecule has 4 aromatic rings. The van der Waals surface area contributed by atoms with Gasteiger partial charge < -0.3 is 5.32 Å². The smallest absolute Gasteiger partial charge is 0.249 e. The van der Waals surface area contributed by atoms with Crippen LogP contribution in [0, 0.1) is 5.92 Å². The van der Waals surface area contributed by atoms with Crippen molar-refractivity contribution in [3.63, 3.8) is 0 Å². The van der Waals surface area contributed by atoms with Crippen LogP contribution < -0.4 is 10.2 Å². The van der Waals surface area contributed by atoms with E-state index in [4.69, 9.17) is 0 Å². The van der Waals surface area contributed by atoms with Gasteiger partial charge in [0.05, 0.1) is 5.52 Å². The quantitative estimate of drug-likeness (QED) is 0.324. The summed E-state index contributed by atoms with van der Waals surface area (Å²) in [6, 6.07) is 22.4. The molecule has 1 atom stereocenters. The minimum Gasteiger partial charge on any atom is -0.354 e. The molecule has 8 nitrogen and oxygen atoms in total. The van der Waals surface area contributed by atoms with E-state index in [2.05, 4.69) is 29.5 Å². The van der Waals surface area contributed by atoms with Gasteiger partial charge in [0.15, 0.2) is 5.78 Å². The molecule has 37 heavy (non-hydrogen) atoms. The van der Waals surface area contributed by atoms with Crippen molar-refractivity contribution in [2.45, 2.75) is 39.8 Å². The maximum Gasteiger partial charge on any atom is 0.249 e.